The summed E-state index contributed by atoms with van der Waals surface area (Å²) in [7, 11) is 1.70. The fourth-order valence-electron chi connectivity index (χ4n) is 5.11. The van der Waals surface area contributed by atoms with E-state index in [1.54, 1.807) is 25.7 Å². The number of rotatable bonds is 5. The number of nitrogens with zero attached hydrogens (tertiary/aromatic N) is 8. The van der Waals surface area contributed by atoms with E-state index in [0.717, 1.165) is 22.5 Å². The maximum atomic E-state index is 13.1. The molecule has 6 heterocycles. The zero-order valence-corrected chi connectivity index (χ0v) is 20.9. The Labute approximate surface area is 208 Å². The van der Waals surface area contributed by atoms with Crippen molar-refractivity contribution in [2.75, 3.05) is 25.5 Å². The number of amides is 1. The van der Waals surface area contributed by atoms with Crippen LogP contribution in [0.2, 0.25) is 0 Å². The minimum Gasteiger partial charge on any atom is -0.376 e. The summed E-state index contributed by atoms with van der Waals surface area (Å²) in [5.74, 6) is 1.90. The van der Waals surface area contributed by atoms with E-state index in [2.05, 4.69) is 35.1 Å². The fraction of sp³-hybridized carbons (Fsp3) is 0.400. The molecule has 1 N–H and O–H groups in total. The number of aryl methyl sites for hydroxylation is 2. The molecule has 1 amide bonds. The Bertz CT molecular complexity index is 1510. The number of pyridine rings is 1. The minimum absolute atomic E-state index is 0.0925. The minimum atomic E-state index is -0.851. The first-order valence-corrected chi connectivity index (χ1v) is 11.9. The van der Waals surface area contributed by atoms with Gasteiger partial charge in [-0.25, -0.2) is 29.9 Å². The molecule has 1 atom stereocenters. The molecular weight excluding hydrogens is 458 g/mol. The number of methoxy groups -OCH3 is 1. The molecule has 0 aliphatic carbocycles. The predicted molar refractivity (Wildman–Crippen MR) is 133 cm³/mol. The van der Waals surface area contributed by atoms with Gasteiger partial charge in [-0.05, 0) is 33.8 Å². The van der Waals surface area contributed by atoms with Gasteiger partial charge in [0.05, 0.1) is 11.2 Å². The van der Waals surface area contributed by atoms with Crippen LogP contribution in [0.1, 0.15) is 32.2 Å². The number of anilines is 1. The normalized spacial score (nSPS) is 20.9. The van der Waals surface area contributed by atoms with Gasteiger partial charge < -0.3 is 14.6 Å². The molecule has 2 aliphatic heterocycles. The van der Waals surface area contributed by atoms with E-state index in [-0.39, 0.29) is 11.5 Å². The van der Waals surface area contributed by atoms with Crippen molar-refractivity contribution in [2.45, 2.75) is 45.4 Å². The maximum absolute atomic E-state index is 13.1. The lowest BCUT2D eigenvalue weighted by molar-refractivity contribution is -0.160. The zero-order chi connectivity index (χ0) is 25.2. The molecule has 2 aliphatic rings. The van der Waals surface area contributed by atoms with Crippen LogP contribution in [-0.2, 0) is 21.6 Å². The van der Waals surface area contributed by atoms with Gasteiger partial charge in [-0.1, -0.05) is 0 Å². The van der Waals surface area contributed by atoms with E-state index in [1.807, 2.05) is 38.3 Å². The highest BCUT2D eigenvalue weighted by atomic mass is 16.5. The summed E-state index contributed by atoms with van der Waals surface area (Å²) in [5.41, 5.74) is 3.31. The molecule has 11 nitrogen and oxygen atoms in total. The summed E-state index contributed by atoms with van der Waals surface area (Å²) in [6.45, 7) is 9.85. The summed E-state index contributed by atoms with van der Waals surface area (Å²) in [5, 5.41) is 2.95. The summed E-state index contributed by atoms with van der Waals surface area (Å²) in [6, 6.07) is 1.99. The average Bonchev–Trinajstić information content (AvgIpc) is 3.37. The largest absolute Gasteiger partial charge is 0.376 e. The highest BCUT2D eigenvalue weighted by Crippen LogP contribution is 2.45. The van der Waals surface area contributed by atoms with Crippen molar-refractivity contribution in [3.63, 3.8) is 0 Å². The van der Waals surface area contributed by atoms with Crippen LogP contribution in [0.5, 0.6) is 0 Å². The fourth-order valence-corrected chi connectivity index (χ4v) is 5.11. The van der Waals surface area contributed by atoms with E-state index in [4.69, 9.17) is 9.72 Å². The van der Waals surface area contributed by atoms with Crippen molar-refractivity contribution in [2.24, 2.45) is 0 Å². The molecule has 4 aromatic rings. The molecule has 1 saturated heterocycles. The van der Waals surface area contributed by atoms with Crippen molar-refractivity contribution in [1.82, 2.24) is 39.4 Å². The van der Waals surface area contributed by atoms with Gasteiger partial charge in [-0.15, -0.1) is 0 Å². The van der Waals surface area contributed by atoms with Crippen molar-refractivity contribution in [3.8, 4) is 22.6 Å². The Balaban J connectivity index is 1.47. The molecule has 36 heavy (non-hydrogen) atoms. The van der Waals surface area contributed by atoms with E-state index >= 15 is 0 Å². The third-order valence-corrected chi connectivity index (χ3v) is 7.42. The Morgan fingerprint density at radius 2 is 1.78 bits per heavy atom. The number of ether oxygens (including phenoxy) is 1. The quantitative estimate of drug-likeness (QED) is 0.454. The van der Waals surface area contributed by atoms with E-state index in [1.165, 1.54) is 6.33 Å². The molecule has 4 aromatic heterocycles. The van der Waals surface area contributed by atoms with Crippen LogP contribution in [-0.4, -0.2) is 71.1 Å². The molecule has 11 heteroatoms. The molecule has 184 valence electrons. The monoisotopic (exact) mass is 485 g/mol. The van der Waals surface area contributed by atoms with Crippen LogP contribution in [0.4, 0.5) is 5.82 Å². The third kappa shape index (κ3) is 3.16. The van der Waals surface area contributed by atoms with Crippen molar-refractivity contribution in [1.29, 1.82) is 0 Å². The number of aromatic nitrogens is 7. The highest BCUT2D eigenvalue weighted by molar-refractivity contribution is 6.05. The van der Waals surface area contributed by atoms with E-state index < -0.39 is 5.54 Å². The SMILES string of the molecule is CCn1c(-c2cnc(C)nc2)nc2c(-c3cnc4c(c3)C(C)(N3CC(C)(OC)C3)C(=O)N4)ncnc21. The number of hydrogen-bond donors (Lipinski definition) is 1. The van der Waals surface area contributed by atoms with Crippen molar-refractivity contribution in [3.05, 3.63) is 42.4 Å². The molecule has 0 radical (unpaired) electrons. The van der Waals surface area contributed by atoms with Crippen molar-refractivity contribution >= 4 is 22.9 Å². The van der Waals surface area contributed by atoms with Crippen LogP contribution in [0.25, 0.3) is 33.8 Å². The molecule has 0 bridgehead atoms. The first kappa shape index (κ1) is 22.6. The van der Waals surface area contributed by atoms with Gasteiger partial charge in [-0.2, -0.15) is 0 Å². The second-order valence-corrected chi connectivity index (χ2v) is 9.75. The number of nitrogens with one attached hydrogen (secondary N) is 1. The lowest BCUT2D eigenvalue weighted by Crippen LogP contribution is -2.68. The molecule has 0 aromatic carbocycles. The molecular formula is C25H27N9O2. The smallest absolute Gasteiger partial charge is 0.250 e. The molecule has 0 saturated carbocycles. The van der Waals surface area contributed by atoms with Crippen LogP contribution < -0.4 is 5.32 Å². The summed E-state index contributed by atoms with van der Waals surface area (Å²) >= 11 is 0. The summed E-state index contributed by atoms with van der Waals surface area (Å²) < 4.78 is 7.64. The van der Waals surface area contributed by atoms with E-state index in [0.29, 0.717) is 48.1 Å². The second kappa shape index (κ2) is 7.84. The Morgan fingerprint density at radius 3 is 2.47 bits per heavy atom. The number of carbonyl (C=O) groups is 1. The molecule has 6 rings (SSSR count). The van der Waals surface area contributed by atoms with Gasteiger partial charge >= 0.3 is 0 Å². The first-order chi connectivity index (χ1) is 17.3. The second-order valence-electron chi connectivity index (χ2n) is 9.75. The maximum Gasteiger partial charge on any atom is 0.250 e. The van der Waals surface area contributed by atoms with Gasteiger partial charge in [0, 0.05) is 56.5 Å². The Morgan fingerprint density at radius 1 is 1.06 bits per heavy atom. The van der Waals surface area contributed by atoms with Crippen LogP contribution >= 0.6 is 0 Å². The molecule has 1 unspecified atom stereocenters. The average molecular weight is 486 g/mol. The summed E-state index contributed by atoms with van der Waals surface area (Å²) in [4.78, 5) is 42.5. The number of likely N-dealkylation sites (tertiary alicyclic amines) is 1. The highest BCUT2D eigenvalue weighted by Gasteiger charge is 2.55. The molecule has 1 fully saturated rings. The third-order valence-electron chi connectivity index (χ3n) is 7.42. The van der Waals surface area contributed by atoms with Crippen LogP contribution in [0.15, 0.2) is 31.0 Å². The van der Waals surface area contributed by atoms with Gasteiger partial charge in [0.2, 0.25) is 0 Å². The number of carbonyl (C=O) groups excluding carboxylic acids is 1. The predicted octanol–water partition coefficient (Wildman–Crippen LogP) is 2.56. The summed E-state index contributed by atoms with van der Waals surface area (Å²) in [6.07, 6.45) is 6.80. The van der Waals surface area contributed by atoms with Gasteiger partial charge in [0.15, 0.2) is 5.65 Å². The first-order valence-electron chi connectivity index (χ1n) is 11.9. The van der Waals surface area contributed by atoms with Gasteiger partial charge in [0.1, 0.15) is 40.5 Å². The number of hydrogen-bond acceptors (Lipinski definition) is 9. The Hall–Kier alpha value is -3.83. The van der Waals surface area contributed by atoms with Crippen LogP contribution in [0.3, 0.4) is 0 Å². The van der Waals surface area contributed by atoms with Gasteiger partial charge in [-0.3, -0.25) is 9.69 Å². The zero-order valence-electron chi connectivity index (χ0n) is 20.9. The number of imidazole rings is 1. The number of fused-ring (bicyclic) bond motifs is 2. The standard InChI is InChI=1S/C25H27N9O2/c1-6-34-21(16-9-26-14(2)27-10-16)31-19-18(29-13-30-22(19)34)15-7-17-20(28-8-15)32-23(35)25(17,4)33-11-24(3,12-33)36-5/h7-10,13H,6,11-12H2,1-5H3,(H,28,32,35). The molecule has 0 spiro atoms. The van der Waals surface area contributed by atoms with E-state index in [9.17, 15) is 4.79 Å². The lowest BCUT2D eigenvalue weighted by Gasteiger charge is -2.53. The topological polar surface area (TPSA) is 124 Å². The van der Waals surface area contributed by atoms with Crippen molar-refractivity contribution < 1.29 is 9.53 Å². The van der Waals surface area contributed by atoms with Crippen LogP contribution in [0, 0.1) is 6.92 Å². The Kier molecular flexibility index (Phi) is 4.92. The lowest BCUT2D eigenvalue weighted by atomic mass is 9.83. The van der Waals surface area contributed by atoms with Gasteiger partial charge in [0.25, 0.3) is 5.91 Å².